The van der Waals surface area contributed by atoms with E-state index in [0.717, 1.165) is 69.1 Å². The molecule has 9 nitrogen and oxygen atoms in total. The fraction of sp³-hybridized carbons (Fsp3) is 0.425. The molecule has 0 radical (unpaired) electrons. The van der Waals surface area contributed by atoms with Crippen LogP contribution in [0, 0.1) is 0 Å². The van der Waals surface area contributed by atoms with Crippen LogP contribution in [-0.4, -0.2) is 31.1 Å². The molecule has 0 fully saturated rings. The van der Waals surface area contributed by atoms with Gasteiger partial charge in [0.15, 0.2) is 0 Å². The molecule has 0 atom stereocenters. The molecule has 3 aromatic carbocycles. The first kappa shape index (κ1) is 38.7. The van der Waals surface area contributed by atoms with Crippen LogP contribution in [0.3, 0.4) is 0 Å². The van der Waals surface area contributed by atoms with E-state index in [2.05, 4.69) is 6.92 Å². The van der Waals surface area contributed by atoms with E-state index in [-0.39, 0.29) is 11.9 Å². The molecule has 3 rings (SSSR count). The molecule has 0 saturated heterocycles. The van der Waals surface area contributed by atoms with Gasteiger partial charge in [0.2, 0.25) is 0 Å². The van der Waals surface area contributed by atoms with Crippen molar-refractivity contribution in [3.05, 3.63) is 83.9 Å². The van der Waals surface area contributed by atoms with Crippen LogP contribution in [0.25, 0.3) is 6.08 Å². The third kappa shape index (κ3) is 16.7. The first-order valence-corrected chi connectivity index (χ1v) is 17.6. The molecule has 0 aromatic heterocycles. The fourth-order valence-corrected chi connectivity index (χ4v) is 5.12. The first-order valence-electron chi connectivity index (χ1n) is 17.6. The molecule has 0 aliphatic carbocycles. The molecule has 0 spiro atoms. The normalized spacial score (nSPS) is 11.0. The maximum atomic E-state index is 12.3. The summed E-state index contributed by atoms with van der Waals surface area (Å²) in [5.41, 5.74) is 13.6. The number of benzene rings is 3. The van der Waals surface area contributed by atoms with Crippen LogP contribution in [0.2, 0.25) is 0 Å². The van der Waals surface area contributed by atoms with Gasteiger partial charge in [0.05, 0.1) is 18.8 Å². The van der Waals surface area contributed by atoms with Crippen molar-refractivity contribution in [2.24, 2.45) is 0 Å². The van der Waals surface area contributed by atoms with Crippen molar-refractivity contribution in [1.29, 1.82) is 0 Å². The average Bonchev–Trinajstić information content (AvgIpc) is 3.08. The highest BCUT2D eigenvalue weighted by atomic mass is 16.5. The first-order chi connectivity index (χ1) is 23.8. The van der Waals surface area contributed by atoms with E-state index in [1.807, 2.05) is 24.3 Å². The van der Waals surface area contributed by atoms with Crippen LogP contribution in [0.5, 0.6) is 17.2 Å². The largest absolute Gasteiger partial charge is 0.494 e. The Balaban J connectivity index is 1.17. The standard InChI is InChI=1S/C40H52N2O7/c1-2-3-4-12-15-38(43)48-36-21-23-37(24-22-36)49-39(44)25-18-31-16-19-35(20-17-31)46-26-13-10-8-6-5-7-9-11-14-27-47-40(45)32-28-33(41)30-34(42)29-32/h16-25,28-30H,2-15,26-27,41-42H2,1H3/b25-18+. The minimum absolute atomic E-state index is 0.256. The van der Waals surface area contributed by atoms with Gasteiger partial charge in [-0.15, -0.1) is 0 Å². The van der Waals surface area contributed by atoms with E-state index in [1.165, 1.54) is 31.8 Å². The number of anilines is 2. The Bertz CT molecular complexity index is 1430. The van der Waals surface area contributed by atoms with Gasteiger partial charge in [0.1, 0.15) is 17.2 Å². The zero-order valence-electron chi connectivity index (χ0n) is 28.8. The van der Waals surface area contributed by atoms with Crippen LogP contribution in [0.15, 0.2) is 72.8 Å². The third-order valence-electron chi connectivity index (χ3n) is 7.80. The van der Waals surface area contributed by atoms with Gasteiger partial charge in [-0.1, -0.05) is 83.3 Å². The molecule has 0 bridgehead atoms. The third-order valence-corrected chi connectivity index (χ3v) is 7.80. The van der Waals surface area contributed by atoms with Gasteiger partial charge in [0.25, 0.3) is 0 Å². The van der Waals surface area contributed by atoms with Crippen LogP contribution in [0.1, 0.15) is 113 Å². The summed E-state index contributed by atoms with van der Waals surface area (Å²) in [6, 6.07) is 18.8. The van der Waals surface area contributed by atoms with E-state index >= 15 is 0 Å². The number of hydrogen-bond acceptors (Lipinski definition) is 9. The van der Waals surface area contributed by atoms with Crippen molar-refractivity contribution in [2.45, 2.75) is 96.8 Å². The van der Waals surface area contributed by atoms with E-state index in [4.69, 9.17) is 30.4 Å². The molecule has 49 heavy (non-hydrogen) atoms. The molecule has 0 saturated carbocycles. The Hall–Kier alpha value is -4.79. The monoisotopic (exact) mass is 672 g/mol. The predicted molar refractivity (Wildman–Crippen MR) is 195 cm³/mol. The summed E-state index contributed by atoms with van der Waals surface area (Å²) in [6.45, 7) is 3.20. The van der Waals surface area contributed by atoms with E-state index in [1.54, 1.807) is 48.5 Å². The molecule has 264 valence electrons. The Morgan fingerprint density at radius 3 is 1.76 bits per heavy atom. The highest BCUT2D eigenvalue weighted by Gasteiger charge is 2.09. The predicted octanol–water partition coefficient (Wildman–Crippen LogP) is 9.09. The number of ether oxygens (including phenoxy) is 4. The highest BCUT2D eigenvalue weighted by Crippen LogP contribution is 2.20. The van der Waals surface area contributed by atoms with Crippen molar-refractivity contribution in [1.82, 2.24) is 0 Å². The quantitative estimate of drug-likeness (QED) is 0.0332. The van der Waals surface area contributed by atoms with E-state index in [9.17, 15) is 14.4 Å². The van der Waals surface area contributed by atoms with Crippen LogP contribution < -0.4 is 25.7 Å². The maximum Gasteiger partial charge on any atom is 0.338 e. The second-order valence-electron chi connectivity index (χ2n) is 12.1. The van der Waals surface area contributed by atoms with Gasteiger partial charge in [-0.25, -0.2) is 9.59 Å². The van der Waals surface area contributed by atoms with Gasteiger partial charge in [-0.05, 0) is 85.5 Å². The second kappa shape index (κ2) is 22.7. The Morgan fingerprint density at radius 2 is 1.14 bits per heavy atom. The van der Waals surface area contributed by atoms with Crippen molar-refractivity contribution in [3.8, 4) is 17.2 Å². The molecule has 0 heterocycles. The number of carbonyl (C=O) groups is 3. The fourth-order valence-electron chi connectivity index (χ4n) is 5.12. The topological polar surface area (TPSA) is 140 Å². The van der Waals surface area contributed by atoms with Gasteiger partial charge >= 0.3 is 17.9 Å². The van der Waals surface area contributed by atoms with Crippen molar-refractivity contribution < 1.29 is 33.3 Å². The lowest BCUT2D eigenvalue weighted by molar-refractivity contribution is -0.134. The zero-order valence-corrected chi connectivity index (χ0v) is 28.8. The molecular formula is C40H52N2O7. The maximum absolute atomic E-state index is 12.3. The second-order valence-corrected chi connectivity index (χ2v) is 12.1. The molecule has 9 heteroatoms. The van der Waals surface area contributed by atoms with Crippen molar-refractivity contribution in [3.63, 3.8) is 0 Å². The van der Waals surface area contributed by atoms with Gasteiger partial charge < -0.3 is 30.4 Å². The summed E-state index contributed by atoms with van der Waals surface area (Å²) in [6.07, 6.45) is 17.4. The summed E-state index contributed by atoms with van der Waals surface area (Å²) >= 11 is 0. The van der Waals surface area contributed by atoms with E-state index in [0.29, 0.717) is 48.1 Å². The summed E-state index contributed by atoms with van der Waals surface area (Å²) in [5, 5.41) is 0. The van der Waals surface area contributed by atoms with Gasteiger partial charge in [-0.3, -0.25) is 4.79 Å². The number of unbranched alkanes of at least 4 members (excludes halogenated alkanes) is 11. The van der Waals surface area contributed by atoms with E-state index < -0.39 is 5.97 Å². The Morgan fingerprint density at radius 1 is 0.612 bits per heavy atom. The molecular weight excluding hydrogens is 620 g/mol. The lowest BCUT2D eigenvalue weighted by atomic mass is 10.1. The zero-order chi connectivity index (χ0) is 35.1. The van der Waals surface area contributed by atoms with Gasteiger partial charge in [-0.2, -0.15) is 0 Å². The SMILES string of the molecule is CCCCCCC(=O)Oc1ccc(OC(=O)/C=C/c2ccc(OCCCCCCCCCCCOC(=O)c3cc(N)cc(N)c3)cc2)cc1. The molecule has 3 aromatic rings. The van der Waals surface area contributed by atoms with Crippen LogP contribution in [-0.2, 0) is 14.3 Å². The van der Waals surface area contributed by atoms with Crippen LogP contribution >= 0.6 is 0 Å². The molecule has 0 aliphatic heterocycles. The number of nitrogen functional groups attached to an aromatic ring is 2. The van der Waals surface area contributed by atoms with Gasteiger partial charge in [0, 0.05) is 23.9 Å². The lowest BCUT2D eigenvalue weighted by Gasteiger charge is -2.07. The molecule has 0 unspecified atom stereocenters. The Labute approximate surface area is 291 Å². The molecule has 0 amide bonds. The lowest BCUT2D eigenvalue weighted by Crippen LogP contribution is -2.07. The minimum Gasteiger partial charge on any atom is -0.494 e. The highest BCUT2D eigenvalue weighted by molar-refractivity contribution is 5.91. The molecule has 0 aliphatic rings. The summed E-state index contributed by atoms with van der Waals surface area (Å²) in [7, 11) is 0. The number of esters is 3. The number of rotatable bonds is 23. The van der Waals surface area contributed by atoms with Crippen molar-refractivity contribution >= 4 is 35.4 Å². The summed E-state index contributed by atoms with van der Waals surface area (Å²) < 4.78 is 21.9. The summed E-state index contributed by atoms with van der Waals surface area (Å²) in [5.74, 6) is 0.455. The van der Waals surface area contributed by atoms with Crippen molar-refractivity contribution in [2.75, 3.05) is 24.7 Å². The molecule has 4 N–H and O–H groups in total. The number of hydrogen-bond donors (Lipinski definition) is 2. The minimum atomic E-state index is -0.499. The van der Waals surface area contributed by atoms with Crippen LogP contribution in [0.4, 0.5) is 11.4 Å². The average molecular weight is 673 g/mol. The smallest absolute Gasteiger partial charge is 0.338 e. The Kier molecular flexibility index (Phi) is 17.9. The number of nitrogens with two attached hydrogens (primary N) is 2. The number of carbonyl (C=O) groups excluding carboxylic acids is 3. The summed E-state index contributed by atoms with van der Waals surface area (Å²) in [4.78, 5) is 36.3.